The van der Waals surface area contributed by atoms with E-state index in [2.05, 4.69) is 11.6 Å². The second kappa shape index (κ2) is 5.48. The minimum Gasteiger partial charge on any atom is -0.461 e. The van der Waals surface area contributed by atoms with Crippen LogP contribution in [0.1, 0.15) is 23.0 Å². The van der Waals surface area contributed by atoms with Crippen LogP contribution in [0.3, 0.4) is 0 Å². The molecule has 5 heteroatoms. The number of carbonyl (C=O) groups excluding carboxylic acids is 1. The van der Waals surface area contributed by atoms with Crippen LogP contribution in [0.15, 0.2) is 43.4 Å². The zero-order chi connectivity index (χ0) is 13.8. The van der Waals surface area contributed by atoms with E-state index < -0.39 is 5.97 Å². The first-order chi connectivity index (χ1) is 9.13. The zero-order valence-electron chi connectivity index (χ0n) is 10.5. The molecule has 0 unspecified atom stereocenters. The van der Waals surface area contributed by atoms with Gasteiger partial charge in [0, 0.05) is 5.70 Å². The van der Waals surface area contributed by atoms with E-state index >= 15 is 0 Å². The van der Waals surface area contributed by atoms with Crippen molar-refractivity contribution in [2.45, 2.75) is 6.92 Å². The minimum atomic E-state index is -0.469. The van der Waals surface area contributed by atoms with Crippen molar-refractivity contribution in [3.05, 3.63) is 60.4 Å². The van der Waals surface area contributed by atoms with Crippen LogP contribution in [0, 0.1) is 5.82 Å². The van der Waals surface area contributed by atoms with E-state index in [0.717, 1.165) is 0 Å². The molecule has 4 nitrogen and oxygen atoms in total. The van der Waals surface area contributed by atoms with Gasteiger partial charge < -0.3 is 4.74 Å². The van der Waals surface area contributed by atoms with Crippen LogP contribution < -0.4 is 0 Å². The van der Waals surface area contributed by atoms with Crippen LogP contribution in [0.4, 0.5) is 4.39 Å². The molecule has 98 valence electrons. The van der Waals surface area contributed by atoms with Crippen LogP contribution in [-0.4, -0.2) is 22.1 Å². The molecule has 0 saturated carbocycles. The number of hydrogen-bond acceptors (Lipinski definition) is 3. The molecule has 1 aromatic carbocycles. The SMILES string of the molecule is C=C(c1ccc(F)cc1)n1cncc1C(=O)OCC. The smallest absolute Gasteiger partial charge is 0.356 e. The highest BCUT2D eigenvalue weighted by molar-refractivity contribution is 5.89. The molecule has 0 fully saturated rings. The highest BCUT2D eigenvalue weighted by atomic mass is 19.1. The Morgan fingerprint density at radius 2 is 2.11 bits per heavy atom. The van der Waals surface area contributed by atoms with Crippen LogP contribution in [0.5, 0.6) is 0 Å². The lowest BCUT2D eigenvalue weighted by Gasteiger charge is -2.10. The molecule has 0 atom stereocenters. The van der Waals surface area contributed by atoms with E-state index in [-0.39, 0.29) is 18.1 Å². The summed E-state index contributed by atoms with van der Waals surface area (Å²) in [6.07, 6.45) is 2.88. The highest BCUT2D eigenvalue weighted by Crippen LogP contribution is 2.18. The van der Waals surface area contributed by atoms with Gasteiger partial charge in [0.1, 0.15) is 5.82 Å². The summed E-state index contributed by atoms with van der Waals surface area (Å²) in [5.74, 6) is -0.795. The predicted octanol–water partition coefficient (Wildman–Crippen LogP) is 2.72. The molecular weight excluding hydrogens is 247 g/mol. The third kappa shape index (κ3) is 2.70. The normalized spacial score (nSPS) is 10.2. The monoisotopic (exact) mass is 260 g/mol. The third-order valence-electron chi connectivity index (χ3n) is 2.59. The number of hydrogen-bond donors (Lipinski definition) is 0. The first-order valence-corrected chi connectivity index (χ1v) is 5.78. The van der Waals surface area contributed by atoms with E-state index in [1.165, 1.54) is 29.2 Å². The molecule has 0 saturated heterocycles. The van der Waals surface area contributed by atoms with Crippen molar-refractivity contribution < 1.29 is 13.9 Å². The second-order valence-corrected chi connectivity index (χ2v) is 3.82. The molecule has 1 heterocycles. The van der Waals surface area contributed by atoms with Crippen molar-refractivity contribution in [2.24, 2.45) is 0 Å². The lowest BCUT2D eigenvalue weighted by molar-refractivity contribution is 0.0517. The van der Waals surface area contributed by atoms with Gasteiger partial charge in [-0.05, 0) is 36.8 Å². The maximum Gasteiger partial charge on any atom is 0.356 e. The Kier molecular flexibility index (Phi) is 3.75. The number of aromatic nitrogens is 2. The van der Waals surface area contributed by atoms with Crippen molar-refractivity contribution in [2.75, 3.05) is 6.61 Å². The fraction of sp³-hybridized carbons (Fsp3) is 0.143. The summed E-state index contributed by atoms with van der Waals surface area (Å²) in [7, 11) is 0. The fourth-order valence-corrected chi connectivity index (χ4v) is 1.65. The van der Waals surface area contributed by atoms with Crippen LogP contribution in [0.2, 0.25) is 0 Å². The van der Waals surface area contributed by atoms with Gasteiger partial charge in [0.2, 0.25) is 0 Å². The average Bonchev–Trinajstić information content (AvgIpc) is 2.88. The number of halogens is 1. The lowest BCUT2D eigenvalue weighted by Crippen LogP contribution is -2.11. The molecule has 0 radical (unpaired) electrons. The molecule has 0 aliphatic carbocycles. The van der Waals surface area contributed by atoms with Gasteiger partial charge in [-0.2, -0.15) is 0 Å². The molecule has 19 heavy (non-hydrogen) atoms. The van der Waals surface area contributed by atoms with Gasteiger partial charge in [-0.15, -0.1) is 0 Å². The number of carbonyl (C=O) groups is 1. The van der Waals surface area contributed by atoms with Gasteiger partial charge in [0.05, 0.1) is 19.1 Å². The molecule has 0 N–H and O–H groups in total. The largest absolute Gasteiger partial charge is 0.461 e. The number of nitrogens with zero attached hydrogens (tertiary/aromatic N) is 2. The number of benzene rings is 1. The van der Waals surface area contributed by atoms with Crippen molar-refractivity contribution in [1.29, 1.82) is 0 Å². The summed E-state index contributed by atoms with van der Waals surface area (Å²) >= 11 is 0. The van der Waals surface area contributed by atoms with E-state index in [9.17, 15) is 9.18 Å². The minimum absolute atomic E-state index is 0.285. The van der Waals surface area contributed by atoms with Crippen LogP contribution in [-0.2, 0) is 4.74 Å². The van der Waals surface area contributed by atoms with Crippen molar-refractivity contribution >= 4 is 11.7 Å². The van der Waals surface area contributed by atoms with Gasteiger partial charge in [-0.25, -0.2) is 14.2 Å². The summed E-state index contributed by atoms with van der Waals surface area (Å²) in [4.78, 5) is 15.6. The van der Waals surface area contributed by atoms with Gasteiger partial charge in [-0.1, -0.05) is 6.58 Å². The Morgan fingerprint density at radius 1 is 1.42 bits per heavy atom. The summed E-state index contributed by atoms with van der Waals surface area (Å²) in [5.41, 5.74) is 1.52. The Hall–Kier alpha value is -2.43. The molecule has 2 rings (SSSR count). The highest BCUT2D eigenvalue weighted by Gasteiger charge is 2.15. The Balaban J connectivity index is 2.32. The van der Waals surface area contributed by atoms with Crippen LogP contribution in [0.25, 0.3) is 5.70 Å². The molecular formula is C14H13FN2O2. The van der Waals surface area contributed by atoms with E-state index in [1.54, 1.807) is 19.1 Å². The number of imidazole rings is 1. The first kappa shape index (κ1) is 13.0. The third-order valence-corrected chi connectivity index (χ3v) is 2.59. The Morgan fingerprint density at radius 3 is 2.74 bits per heavy atom. The maximum atomic E-state index is 12.9. The second-order valence-electron chi connectivity index (χ2n) is 3.82. The standard InChI is InChI=1S/C14H13FN2O2/c1-3-19-14(18)13-8-16-9-17(13)10(2)11-4-6-12(15)7-5-11/h4-9H,2-3H2,1H3. The maximum absolute atomic E-state index is 12.9. The van der Waals surface area contributed by atoms with Crippen molar-refractivity contribution in [3.8, 4) is 0 Å². The molecule has 0 aliphatic heterocycles. The Labute approximate surface area is 110 Å². The number of rotatable bonds is 4. The molecule has 0 spiro atoms. The molecule has 1 aromatic heterocycles. The number of ether oxygens (including phenoxy) is 1. The zero-order valence-corrected chi connectivity index (χ0v) is 10.5. The van der Waals surface area contributed by atoms with Gasteiger partial charge in [0.25, 0.3) is 0 Å². The first-order valence-electron chi connectivity index (χ1n) is 5.78. The molecule has 2 aromatic rings. The van der Waals surface area contributed by atoms with Crippen molar-refractivity contribution in [1.82, 2.24) is 9.55 Å². The average molecular weight is 260 g/mol. The van der Waals surface area contributed by atoms with E-state index in [0.29, 0.717) is 11.3 Å². The van der Waals surface area contributed by atoms with Gasteiger partial charge >= 0.3 is 5.97 Å². The van der Waals surface area contributed by atoms with E-state index in [1.807, 2.05) is 0 Å². The lowest BCUT2D eigenvalue weighted by atomic mass is 10.1. The molecule has 0 aliphatic rings. The summed E-state index contributed by atoms with van der Waals surface area (Å²) in [5, 5.41) is 0. The summed E-state index contributed by atoms with van der Waals surface area (Å²) < 4.78 is 19.3. The fourth-order valence-electron chi connectivity index (χ4n) is 1.65. The van der Waals surface area contributed by atoms with Crippen LogP contribution >= 0.6 is 0 Å². The van der Waals surface area contributed by atoms with Crippen molar-refractivity contribution in [3.63, 3.8) is 0 Å². The quantitative estimate of drug-likeness (QED) is 0.794. The van der Waals surface area contributed by atoms with Gasteiger partial charge in [-0.3, -0.25) is 4.57 Å². The Bertz CT molecular complexity index is 602. The topological polar surface area (TPSA) is 44.1 Å². The molecule has 0 amide bonds. The summed E-state index contributed by atoms with van der Waals surface area (Å²) in [6.45, 7) is 5.91. The number of esters is 1. The van der Waals surface area contributed by atoms with E-state index in [4.69, 9.17) is 4.74 Å². The molecule has 0 bridgehead atoms. The predicted molar refractivity (Wildman–Crippen MR) is 69.0 cm³/mol. The summed E-state index contributed by atoms with van der Waals surface area (Å²) in [6, 6.07) is 5.85. The van der Waals surface area contributed by atoms with Gasteiger partial charge in [0.15, 0.2) is 5.69 Å².